The minimum atomic E-state index is -0.0602. The average molecular weight is 358 g/mol. The summed E-state index contributed by atoms with van der Waals surface area (Å²) in [5.41, 5.74) is 1.19. The molecule has 1 aromatic carbocycles. The number of amides is 2. The van der Waals surface area contributed by atoms with Crippen molar-refractivity contribution < 1.29 is 4.79 Å². The highest BCUT2D eigenvalue weighted by atomic mass is 32.2. The summed E-state index contributed by atoms with van der Waals surface area (Å²) in [6.07, 6.45) is 3.73. The van der Waals surface area contributed by atoms with E-state index in [0.29, 0.717) is 13.1 Å². The van der Waals surface area contributed by atoms with Gasteiger partial charge in [0.1, 0.15) is 6.33 Å². The maximum absolute atomic E-state index is 12.2. The lowest BCUT2D eigenvalue weighted by molar-refractivity contribution is 0.208. The van der Waals surface area contributed by atoms with Gasteiger partial charge in [0, 0.05) is 51.2 Å². The molecule has 0 aliphatic carbocycles. The van der Waals surface area contributed by atoms with Crippen molar-refractivity contribution in [2.45, 2.75) is 11.7 Å². The Morgan fingerprint density at radius 3 is 2.96 bits per heavy atom. The fourth-order valence-electron chi connectivity index (χ4n) is 2.53. The summed E-state index contributed by atoms with van der Waals surface area (Å²) in [6, 6.07) is 10.3. The monoisotopic (exact) mass is 358 g/mol. The van der Waals surface area contributed by atoms with Crippen molar-refractivity contribution in [3.8, 4) is 0 Å². The first-order valence-electron chi connectivity index (χ1n) is 8.15. The first-order valence-corrected chi connectivity index (χ1v) is 9.13. The molecule has 0 atom stereocenters. The summed E-state index contributed by atoms with van der Waals surface area (Å²) >= 11 is 1.57. The predicted molar refractivity (Wildman–Crippen MR) is 99.7 cm³/mol. The number of aryl methyl sites for hydroxylation is 1. The van der Waals surface area contributed by atoms with Gasteiger partial charge in [-0.05, 0) is 17.5 Å². The minimum Gasteiger partial charge on any atom is -0.346 e. The number of aromatic nitrogens is 4. The summed E-state index contributed by atoms with van der Waals surface area (Å²) in [4.78, 5) is 13.9. The molecule has 0 saturated carbocycles. The Hall–Kier alpha value is -2.48. The zero-order chi connectivity index (χ0) is 17.6. The van der Waals surface area contributed by atoms with E-state index in [1.807, 2.05) is 30.8 Å². The Kier molecular flexibility index (Phi) is 5.60. The summed E-state index contributed by atoms with van der Waals surface area (Å²) in [7, 11) is 3.72. The molecule has 0 spiro atoms. The number of rotatable bonds is 7. The number of fused-ring (bicyclic) bond motifs is 1. The number of urea groups is 1. The Labute approximate surface area is 151 Å². The van der Waals surface area contributed by atoms with E-state index < -0.39 is 0 Å². The van der Waals surface area contributed by atoms with Crippen LogP contribution in [0, 0.1) is 0 Å². The molecule has 7 nitrogen and oxygen atoms in total. The van der Waals surface area contributed by atoms with Crippen LogP contribution in [0.15, 0.2) is 48.0 Å². The highest BCUT2D eigenvalue weighted by molar-refractivity contribution is 7.99. The largest absolute Gasteiger partial charge is 0.346 e. The molecule has 1 N–H and O–H groups in total. The third-order valence-corrected chi connectivity index (χ3v) is 5.02. The van der Waals surface area contributed by atoms with E-state index in [4.69, 9.17) is 0 Å². The maximum atomic E-state index is 12.2. The van der Waals surface area contributed by atoms with Gasteiger partial charge in [-0.1, -0.05) is 30.0 Å². The van der Waals surface area contributed by atoms with Crippen molar-refractivity contribution in [3.63, 3.8) is 0 Å². The number of hydrogen-bond donors (Lipinski definition) is 1. The van der Waals surface area contributed by atoms with E-state index in [1.165, 1.54) is 10.9 Å². The van der Waals surface area contributed by atoms with Crippen LogP contribution in [-0.2, 0) is 13.6 Å². The number of benzene rings is 1. The lowest BCUT2D eigenvalue weighted by atomic mass is 10.2. The SMILES string of the molecule is CN(CCn1ccc2ccccc21)C(=O)NCCSc1nncn1C. The Bertz CT molecular complexity index is 842. The van der Waals surface area contributed by atoms with Gasteiger partial charge in [-0.15, -0.1) is 10.2 Å². The van der Waals surface area contributed by atoms with E-state index in [2.05, 4.69) is 44.5 Å². The Morgan fingerprint density at radius 1 is 1.32 bits per heavy atom. The zero-order valence-corrected chi connectivity index (χ0v) is 15.2. The van der Waals surface area contributed by atoms with Crippen molar-refractivity contribution >= 4 is 28.7 Å². The normalized spacial score (nSPS) is 11.0. The van der Waals surface area contributed by atoms with Gasteiger partial charge < -0.3 is 19.4 Å². The predicted octanol–water partition coefficient (Wildman–Crippen LogP) is 2.20. The summed E-state index contributed by atoms with van der Waals surface area (Å²) in [6.45, 7) is 2.01. The molecule has 2 amide bonds. The van der Waals surface area contributed by atoms with Crippen molar-refractivity contribution in [1.29, 1.82) is 0 Å². The molecule has 3 aromatic rings. The Balaban J connectivity index is 1.41. The van der Waals surface area contributed by atoms with Gasteiger partial charge in [-0.3, -0.25) is 0 Å². The highest BCUT2D eigenvalue weighted by Crippen LogP contribution is 2.15. The molecule has 0 fully saturated rings. The number of nitrogens with one attached hydrogen (secondary N) is 1. The van der Waals surface area contributed by atoms with Crippen molar-refractivity contribution in [1.82, 2.24) is 29.5 Å². The van der Waals surface area contributed by atoms with Gasteiger partial charge in [0.25, 0.3) is 0 Å². The molecule has 8 heteroatoms. The second-order valence-corrected chi connectivity index (χ2v) is 6.86. The lowest BCUT2D eigenvalue weighted by Crippen LogP contribution is -2.39. The summed E-state index contributed by atoms with van der Waals surface area (Å²) < 4.78 is 4.03. The third-order valence-electron chi connectivity index (χ3n) is 3.98. The molecule has 0 unspecified atom stereocenters. The maximum Gasteiger partial charge on any atom is 0.317 e. The number of carbonyl (C=O) groups excluding carboxylic acids is 1. The molecule has 0 radical (unpaired) electrons. The number of hydrogen-bond acceptors (Lipinski definition) is 4. The third kappa shape index (κ3) is 4.33. The zero-order valence-electron chi connectivity index (χ0n) is 14.4. The minimum absolute atomic E-state index is 0.0602. The average Bonchev–Trinajstić information content (AvgIpc) is 3.22. The fraction of sp³-hybridized carbons (Fsp3) is 0.353. The van der Waals surface area contributed by atoms with Gasteiger partial charge in [-0.25, -0.2) is 4.79 Å². The van der Waals surface area contributed by atoms with Gasteiger partial charge in [0.15, 0.2) is 5.16 Å². The van der Waals surface area contributed by atoms with Crippen LogP contribution in [0.1, 0.15) is 0 Å². The molecule has 0 bridgehead atoms. The smallest absolute Gasteiger partial charge is 0.317 e. The first kappa shape index (κ1) is 17.3. The van der Waals surface area contributed by atoms with Crippen LogP contribution in [0.5, 0.6) is 0 Å². The van der Waals surface area contributed by atoms with E-state index in [9.17, 15) is 4.79 Å². The molecule has 0 saturated heterocycles. The van der Waals surface area contributed by atoms with E-state index in [1.54, 1.807) is 23.0 Å². The molecule has 25 heavy (non-hydrogen) atoms. The molecular formula is C17H22N6OS. The quantitative estimate of drug-likeness (QED) is 0.519. The fourth-order valence-corrected chi connectivity index (χ4v) is 3.28. The van der Waals surface area contributed by atoms with Crippen LogP contribution in [0.25, 0.3) is 10.9 Å². The van der Waals surface area contributed by atoms with Crippen LogP contribution < -0.4 is 5.32 Å². The number of thioether (sulfide) groups is 1. The highest BCUT2D eigenvalue weighted by Gasteiger charge is 2.09. The van der Waals surface area contributed by atoms with Crippen LogP contribution in [0.2, 0.25) is 0 Å². The second-order valence-electron chi connectivity index (χ2n) is 5.79. The Morgan fingerprint density at radius 2 is 2.16 bits per heavy atom. The van der Waals surface area contributed by atoms with Crippen molar-refractivity contribution in [2.24, 2.45) is 7.05 Å². The number of para-hydroxylation sites is 1. The molecule has 2 aromatic heterocycles. The topological polar surface area (TPSA) is 68.0 Å². The van der Waals surface area contributed by atoms with Gasteiger partial charge in [0.05, 0.1) is 0 Å². The summed E-state index contributed by atoms with van der Waals surface area (Å²) in [5.74, 6) is 0.758. The van der Waals surface area contributed by atoms with E-state index >= 15 is 0 Å². The lowest BCUT2D eigenvalue weighted by Gasteiger charge is -2.18. The molecule has 132 valence electrons. The standard InChI is InChI=1S/C17H22N6OS/c1-21(10-11-23-9-7-14-5-3-4-6-15(14)23)16(24)18-8-12-25-17-20-19-13-22(17)2/h3-7,9,13H,8,10-12H2,1-2H3,(H,18,24). The van der Waals surface area contributed by atoms with E-state index in [0.717, 1.165) is 17.5 Å². The molecule has 0 aliphatic heterocycles. The van der Waals surface area contributed by atoms with Crippen LogP contribution in [-0.4, -0.2) is 56.2 Å². The van der Waals surface area contributed by atoms with Crippen molar-refractivity contribution in [2.75, 3.05) is 25.9 Å². The number of carbonyl (C=O) groups is 1. The summed E-state index contributed by atoms with van der Waals surface area (Å²) in [5, 5.41) is 12.8. The number of nitrogens with zero attached hydrogens (tertiary/aromatic N) is 5. The van der Waals surface area contributed by atoms with Crippen LogP contribution in [0.3, 0.4) is 0 Å². The van der Waals surface area contributed by atoms with Gasteiger partial charge >= 0.3 is 6.03 Å². The number of likely N-dealkylation sites (N-methyl/N-ethyl adjacent to an activating group) is 1. The molecular weight excluding hydrogens is 336 g/mol. The second kappa shape index (κ2) is 8.06. The van der Waals surface area contributed by atoms with E-state index in [-0.39, 0.29) is 6.03 Å². The van der Waals surface area contributed by atoms with Crippen LogP contribution in [0.4, 0.5) is 4.79 Å². The first-order chi connectivity index (χ1) is 12.1. The molecule has 0 aliphatic rings. The van der Waals surface area contributed by atoms with Crippen LogP contribution >= 0.6 is 11.8 Å². The molecule has 2 heterocycles. The van der Waals surface area contributed by atoms with Crippen molar-refractivity contribution in [3.05, 3.63) is 42.9 Å². The van der Waals surface area contributed by atoms with Gasteiger partial charge in [0.2, 0.25) is 0 Å². The molecule has 3 rings (SSSR count). The van der Waals surface area contributed by atoms with Gasteiger partial charge in [-0.2, -0.15) is 0 Å².